The van der Waals surface area contributed by atoms with Crippen molar-refractivity contribution in [1.29, 1.82) is 0 Å². The van der Waals surface area contributed by atoms with E-state index in [0.29, 0.717) is 17.2 Å². The van der Waals surface area contributed by atoms with Crippen molar-refractivity contribution in [3.05, 3.63) is 29.6 Å². The predicted octanol–water partition coefficient (Wildman–Crippen LogP) is 0.720. The lowest BCUT2D eigenvalue weighted by Gasteiger charge is -2.00. The number of imidazole rings is 1. The van der Waals surface area contributed by atoms with E-state index in [1.807, 2.05) is 0 Å². The van der Waals surface area contributed by atoms with Gasteiger partial charge in [0.2, 0.25) is 0 Å². The Labute approximate surface area is 108 Å². The number of nitrogens with two attached hydrogens (primary N) is 1. The Hall–Kier alpha value is -2.57. The van der Waals surface area contributed by atoms with Gasteiger partial charge in [-0.1, -0.05) is 0 Å². The van der Waals surface area contributed by atoms with Crippen LogP contribution in [0.25, 0.3) is 5.65 Å². The van der Waals surface area contributed by atoms with Crippen molar-refractivity contribution >= 4 is 23.4 Å². The SMILES string of the molecule is CCOC(=O)Cc1nc2cc(C(=O)O)ccn2c1N. The van der Waals surface area contributed by atoms with Crippen LogP contribution in [-0.2, 0) is 16.0 Å². The molecule has 2 rings (SSSR count). The Morgan fingerprint density at radius 3 is 2.89 bits per heavy atom. The van der Waals surface area contributed by atoms with Gasteiger partial charge in [-0.25, -0.2) is 9.78 Å². The lowest BCUT2D eigenvalue weighted by atomic mass is 10.3. The normalized spacial score (nSPS) is 10.6. The zero-order valence-electron chi connectivity index (χ0n) is 10.3. The number of nitrogen functional groups attached to an aromatic ring is 1. The van der Waals surface area contributed by atoms with E-state index in [4.69, 9.17) is 15.6 Å². The number of hydrogen-bond acceptors (Lipinski definition) is 5. The summed E-state index contributed by atoms with van der Waals surface area (Å²) in [5.41, 5.74) is 6.73. The maximum Gasteiger partial charge on any atom is 0.335 e. The molecule has 0 atom stereocenters. The largest absolute Gasteiger partial charge is 0.478 e. The second-order valence-electron chi connectivity index (χ2n) is 3.87. The molecule has 0 aromatic carbocycles. The first kappa shape index (κ1) is 12.9. The van der Waals surface area contributed by atoms with E-state index in [9.17, 15) is 9.59 Å². The molecule has 100 valence electrons. The number of hydrogen-bond donors (Lipinski definition) is 2. The Bertz CT molecular complexity index is 648. The molecule has 0 amide bonds. The summed E-state index contributed by atoms with van der Waals surface area (Å²) in [6, 6.07) is 2.81. The third kappa shape index (κ3) is 2.49. The number of fused-ring (bicyclic) bond motifs is 1. The number of ether oxygens (including phenoxy) is 1. The van der Waals surface area contributed by atoms with Crippen LogP contribution in [0.15, 0.2) is 18.3 Å². The molecule has 2 heterocycles. The van der Waals surface area contributed by atoms with Crippen molar-refractivity contribution in [2.45, 2.75) is 13.3 Å². The molecule has 7 heteroatoms. The molecule has 2 aromatic rings. The molecular weight excluding hydrogens is 250 g/mol. The number of aromatic carboxylic acids is 1. The highest BCUT2D eigenvalue weighted by molar-refractivity contribution is 5.89. The molecule has 0 aliphatic heterocycles. The van der Waals surface area contributed by atoms with Crippen LogP contribution in [0.3, 0.4) is 0 Å². The Balaban J connectivity index is 2.39. The molecular formula is C12H13N3O4. The summed E-state index contributed by atoms with van der Waals surface area (Å²) in [5.74, 6) is -1.16. The third-order valence-electron chi connectivity index (χ3n) is 2.60. The average Bonchev–Trinajstić information content (AvgIpc) is 2.66. The highest BCUT2D eigenvalue weighted by Crippen LogP contribution is 2.17. The van der Waals surface area contributed by atoms with Crippen LogP contribution in [0, 0.1) is 0 Å². The first-order valence-electron chi connectivity index (χ1n) is 5.68. The number of carbonyl (C=O) groups excluding carboxylic acids is 1. The van der Waals surface area contributed by atoms with Gasteiger partial charge in [0.05, 0.1) is 24.3 Å². The Kier molecular flexibility index (Phi) is 3.37. The van der Waals surface area contributed by atoms with Gasteiger partial charge < -0.3 is 15.6 Å². The molecule has 7 nitrogen and oxygen atoms in total. The van der Waals surface area contributed by atoms with E-state index in [2.05, 4.69) is 4.98 Å². The number of carbonyl (C=O) groups is 2. The first-order chi connectivity index (χ1) is 9.02. The fourth-order valence-electron chi connectivity index (χ4n) is 1.72. The molecule has 0 spiro atoms. The molecule has 19 heavy (non-hydrogen) atoms. The van der Waals surface area contributed by atoms with Crippen molar-refractivity contribution < 1.29 is 19.4 Å². The molecule has 0 aliphatic carbocycles. The number of carboxylic acids is 1. The lowest BCUT2D eigenvalue weighted by molar-refractivity contribution is -0.142. The molecule has 0 saturated heterocycles. The van der Waals surface area contributed by atoms with Crippen molar-refractivity contribution in [3.8, 4) is 0 Å². The molecule has 0 bridgehead atoms. The number of nitrogens with zero attached hydrogens (tertiary/aromatic N) is 2. The van der Waals surface area contributed by atoms with Crippen LogP contribution in [0.4, 0.5) is 5.82 Å². The van der Waals surface area contributed by atoms with Gasteiger partial charge in [-0.15, -0.1) is 0 Å². The van der Waals surface area contributed by atoms with Gasteiger partial charge >= 0.3 is 11.9 Å². The fourth-order valence-corrected chi connectivity index (χ4v) is 1.72. The Morgan fingerprint density at radius 1 is 1.53 bits per heavy atom. The molecule has 0 saturated carbocycles. The smallest absolute Gasteiger partial charge is 0.335 e. The van der Waals surface area contributed by atoms with E-state index in [1.54, 1.807) is 6.92 Å². The topological polar surface area (TPSA) is 107 Å². The van der Waals surface area contributed by atoms with Crippen molar-refractivity contribution in [2.75, 3.05) is 12.3 Å². The minimum absolute atomic E-state index is 0.0379. The molecule has 0 fully saturated rings. The van der Waals surface area contributed by atoms with E-state index >= 15 is 0 Å². The quantitative estimate of drug-likeness (QED) is 0.787. The van der Waals surface area contributed by atoms with Crippen molar-refractivity contribution in [1.82, 2.24) is 9.38 Å². The van der Waals surface area contributed by atoms with Crippen LogP contribution >= 0.6 is 0 Å². The summed E-state index contributed by atoms with van der Waals surface area (Å²) in [4.78, 5) is 26.4. The minimum atomic E-state index is -1.05. The van der Waals surface area contributed by atoms with Crippen LogP contribution < -0.4 is 5.73 Å². The zero-order valence-corrected chi connectivity index (χ0v) is 10.3. The summed E-state index contributed by atoms with van der Waals surface area (Å²) in [7, 11) is 0. The summed E-state index contributed by atoms with van der Waals surface area (Å²) >= 11 is 0. The van der Waals surface area contributed by atoms with E-state index in [-0.39, 0.29) is 18.6 Å². The number of aromatic nitrogens is 2. The van der Waals surface area contributed by atoms with Gasteiger partial charge in [0.1, 0.15) is 11.5 Å². The number of carboxylic acid groups (broad SMARTS) is 1. The van der Waals surface area contributed by atoms with Gasteiger partial charge in [-0.2, -0.15) is 0 Å². The van der Waals surface area contributed by atoms with Gasteiger partial charge in [0.15, 0.2) is 0 Å². The van der Waals surface area contributed by atoms with Crippen molar-refractivity contribution in [2.24, 2.45) is 0 Å². The summed E-state index contributed by atoms with van der Waals surface area (Å²) in [6.07, 6.45) is 1.47. The van der Waals surface area contributed by atoms with Crippen LogP contribution in [0.1, 0.15) is 23.0 Å². The number of pyridine rings is 1. The van der Waals surface area contributed by atoms with Crippen LogP contribution in [-0.4, -0.2) is 33.0 Å². The molecule has 0 unspecified atom stereocenters. The third-order valence-corrected chi connectivity index (χ3v) is 2.60. The number of anilines is 1. The summed E-state index contributed by atoms with van der Waals surface area (Å²) < 4.78 is 6.35. The standard InChI is InChI=1S/C12H13N3O4/c1-2-19-10(16)6-8-11(13)15-4-3-7(12(17)18)5-9(15)14-8/h3-5H,2,6,13H2,1H3,(H,17,18). The summed E-state index contributed by atoms with van der Waals surface area (Å²) in [5, 5.41) is 8.89. The van der Waals surface area contributed by atoms with Gasteiger partial charge in [-0.3, -0.25) is 9.20 Å². The van der Waals surface area contributed by atoms with Gasteiger partial charge in [0, 0.05) is 6.20 Å². The minimum Gasteiger partial charge on any atom is -0.478 e. The van der Waals surface area contributed by atoms with Gasteiger partial charge in [0.25, 0.3) is 0 Å². The first-order valence-corrected chi connectivity index (χ1v) is 5.68. The van der Waals surface area contributed by atoms with Crippen molar-refractivity contribution in [3.63, 3.8) is 0 Å². The molecule has 2 aromatic heterocycles. The zero-order chi connectivity index (χ0) is 14.0. The van der Waals surface area contributed by atoms with E-state index in [0.717, 1.165) is 0 Å². The average molecular weight is 263 g/mol. The Morgan fingerprint density at radius 2 is 2.26 bits per heavy atom. The number of esters is 1. The molecule has 0 radical (unpaired) electrons. The molecule has 0 aliphatic rings. The number of rotatable bonds is 4. The second kappa shape index (κ2) is 4.97. The molecule has 3 N–H and O–H groups in total. The van der Waals surface area contributed by atoms with Crippen LogP contribution in [0.2, 0.25) is 0 Å². The second-order valence-corrected chi connectivity index (χ2v) is 3.87. The maximum absolute atomic E-state index is 11.4. The van der Waals surface area contributed by atoms with Crippen LogP contribution in [0.5, 0.6) is 0 Å². The van der Waals surface area contributed by atoms with E-state index < -0.39 is 11.9 Å². The highest BCUT2D eigenvalue weighted by Gasteiger charge is 2.15. The fraction of sp³-hybridized carbons (Fsp3) is 0.250. The lowest BCUT2D eigenvalue weighted by Crippen LogP contribution is -2.09. The predicted molar refractivity (Wildman–Crippen MR) is 66.9 cm³/mol. The highest BCUT2D eigenvalue weighted by atomic mass is 16.5. The van der Waals surface area contributed by atoms with Gasteiger partial charge in [-0.05, 0) is 19.1 Å². The monoisotopic (exact) mass is 263 g/mol. The maximum atomic E-state index is 11.4. The van der Waals surface area contributed by atoms with E-state index in [1.165, 1.54) is 22.7 Å². The summed E-state index contributed by atoms with van der Waals surface area (Å²) in [6.45, 7) is 2.00.